The van der Waals surface area contributed by atoms with E-state index in [0.29, 0.717) is 22.6 Å². The Kier molecular flexibility index (Phi) is 4.39. The highest BCUT2D eigenvalue weighted by molar-refractivity contribution is 5.92. The molecule has 3 aromatic rings. The summed E-state index contributed by atoms with van der Waals surface area (Å²) in [5.41, 5.74) is 1.14. The molecule has 0 bridgehead atoms. The SMILES string of the molecule is COc1cccc2c(NC(C)c3cnc(C(F)(F)F)nc3)ncnc12. The summed E-state index contributed by atoms with van der Waals surface area (Å²) in [6.45, 7) is 1.78. The Morgan fingerprint density at radius 3 is 2.44 bits per heavy atom. The lowest BCUT2D eigenvalue weighted by Crippen LogP contribution is -2.14. The third-order valence-electron chi connectivity index (χ3n) is 3.63. The van der Waals surface area contributed by atoms with Gasteiger partial charge in [0.05, 0.1) is 13.2 Å². The maximum atomic E-state index is 12.5. The molecule has 0 saturated carbocycles. The highest BCUT2D eigenvalue weighted by Crippen LogP contribution is 2.30. The highest BCUT2D eigenvalue weighted by atomic mass is 19.4. The number of methoxy groups -OCH3 is 1. The number of para-hydroxylation sites is 1. The molecule has 3 rings (SSSR count). The Bertz CT molecular complexity index is 883. The first-order chi connectivity index (χ1) is 11.9. The molecule has 1 unspecified atom stereocenters. The van der Waals surface area contributed by atoms with E-state index in [4.69, 9.17) is 4.74 Å². The first kappa shape index (κ1) is 16.9. The van der Waals surface area contributed by atoms with Crippen LogP contribution in [-0.4, -0.2) is 27.0 Å². The van der Waals surface area contributed by atoms with Gasteiger partial charge >= 0.3 is 6.18 Å². The summed E-state index contributed by atoms with van der Waals surface area (Å²) in [5.74, 6) is -0.0227. The minimum absolute atomic E-state index is 0.355. The summed E-state index contributed by atoms with van der Waals surface area (Å²) in [4.78, 5) is 15.2. The van der Waals surface area contributed by atoms with E-state index in [1.165, 1.54) is 6.33 Å². The van der Waals surface area contributed by atoms with Crippen molar-refractivity contribution in [3.8, 4) is 5.75 Å². The van der Waals surface area contributed by atoms with E-state index in [1.54, 1.807) is 20.1 Å². The van der Waals surface area contributed by atoms with E-state index in [-0.39, 0.29) is 6.04 Å². The van der Waals surface area contributed by atoms with E-state index in [9.17, 15) is 13.2 Å². The van der Waals surface area contributed by atoms with Gasteiger partial charge in [-0.1, -0.05) is 6.07 Å². The van der Waals surface area contributed by atoms with Crippen molar-refractivity contribution in [2.45, 2.75) is 19.1 Å². The number of hydrogen-bond acceptors (Lipinski definition) is 6. The van der Waals surface area contributed by atoms with Crippen molar-refractivity contribution in [1.82, 2.24) is 19.9 Å². The summed E-state index contributed by atoms with van der Waals surface area (Å²) in [5, 5.41) is 3.88. The lowest BCUT2D eigenvalue weighted by Gasteiger charge is -2.16. The number of rotatable bonds is 4. The van der Waals surface area contributed by atoms with Crippen LogP contribution in [0.5, 0.6) is 5.75 Å². The Balaban J connectivity index is 1.88. The quantitative estimate of drug-likeness (QED) is 0.776. The molecule has 0 amide bonds. The zero-order valence-electron chi connectivity index (χ0n) is 13.4. The van der Waals surface area contributed by atoms with Crippen molar-refractivity contribution >= 4 is 16.7 Å². The number of anilines is 1. The number of nitrogens with zero attached hydrogens (tertiary/aromatic N) is 4. The molecule has 0 radical (unpaired) electrons. The normalized spacial score (nSPS) is 12.8. The van der Waals surface area contributed by atoms with Crippen LogP contribution in [0.3, 0.4) is 0 Å². The van der Waals surface area contributed by atoms with Gasteiger partial charge in [-0.05, 0) is 19.1 Å². The van der Waals surface area contributed by atoms with Gasteiger partial charge in [-0.3, -0.25) is 0 Å². The number of hydrogen-bond donors (Lipinski definition) is 1. The van der Waals surface area contributed by atoms with Gasteiger partial charge in [0.2, 0.25) is 5.82 Å². The molecule has 25 heavy (non-hydrogen) atoms. The summed E-state index contributed by atoms with van der Waals surface area (Å²) in [6.07, 6.45) is -0.868. The third kappa shape index (κ3) is 3.44. The van der Waals surface area contributed by atoms with Crippen LogP contribution in [0, 0.1) is 0 Å². The van der Waals surface area contributed by atoms with Gasteiger partial charge in [0.1, 0.15) is 23.4 Å². The smallest absolute Gasteiger partial charge is 0.451 e. The van der Waals surface area contributed by atoms with E-state index in [2.05, 4.69) is 25.3 Å². The summed E-state index contributed by atoms with van der Waals surface area (Å²) < 4.78 is 42.9. The van der Waals surface area contributed by atoms with Crippen LogP contribution in [0.4, 0.5) is 19.0 Å². The van der Waals surface area contributed by atoms with Gasteiger partial charge in [0.15, 0.2) is 0 Å². The molecule has 0 aliphatic heterocycles. The van der Waals surface area contributed by atoms with Gasteiger partial charge in [0, 0.05) is 23.3 Å². The predicted molar refractivity (Wildman–Crippen MR) is 85.2 cm³/mol. The predicted octanol–water partition coefficient (Wildman–Crippen LogP) is 3.62. The minimum Gasteiger partial charge on any atom is -0.494 e. The number of halogens is 3. The first-order valence-corrected chi connectivity index (χ1v) is 7.33. The largest absolute Gasteiger partial charge is 0.494 e. The fourth-order valence-electron chi connectivity index (χ4n) is 2.34. The molecule has 2 heterocycles. The fraction of sp³-hybridized carbons (Fsp3) is 0.250. The molecule has 0 fully saturated rings. The van der Waals surface area contributed by atoms with Crippen molar-refractivity contribution in [2.24, 2.45) is 0 Å². The molecule has 9 heteroatoms. The minimum atomic E-state index is -4.56. The molecule has 130 valence electrons. The Hall–Kier alpha value is -2.97. The summed E-state index contributed by atoms with van der Waals surface area (Å²) >= 11 is 0. The van der Waals surface area contributed by atoms with Crippen molar-refractivity contribution in [3.63, 3.8) is 0 Å². The zero-order chi connectivity index (χ0) is 18.0. The molecule has 6 nitrogen and oxygen atoms in total. The van der Waals surface area contributed by atoms with Gasteiger partial charge in [-0.15, -0.1) is 0 Å². The highest BCUT2D eigenvalue weighted by Gasteiger charge is 2.34. The Labute approximate surface area is 141 Å². The maximum absolute atomic E-state index is 12.5. The average Bonchev–Trinajstić information content (AvgIpc) is 2.61. The standard InChI is InChI=1S/C16H14F3N5O/c1-9(10-6-20-15(21-7-10)16(17,18)19)24-14-11-4-3-5-12(25-2)13(11)22-8-23-14/h3-9H,1-2H3,(H,22,23,24). The van der Waals surface area contributed by atoms with Gasteiger partial charge in [-0.2, -0.15) is 13.2 Å². The molecular weight excluding hydrogens is 335 g/mol. The van der Waals surface area contributed by atoms with Crippen LogP contribution >= 0.6 is 0 Å². The van der Waals surface area contributed by atoms with Crippen LogP contribution in [0.15, 0.2) is 36.9 Å². The second-order valence-electron chi connectivity index (χ2n) is 5.28. The fourth-order valence-corrected chi connectivity index (χ4v) is 2.34. The van der Waals surface area contributed by atoms with Gasteiger partial charge in [-0.25, -0.2) is 19.9 Å². The summed E-state index contributed by atoms with van der Waals surface area (Å²) in [7, 11) is 1.55. The van der Waals surface area contributed by atoms with Crippen molar-refractivity contribution < 1.29 is 17.9 Å². The molecule has 0 spiro atoms. The number of nitrogens with one attached hydrogen (secondary N) is 1. The number of alkyl halides is 3. The Morgan fingerprint density at radius 1 is 1.08 bits per heavy atom. The second-order valence-corrected chi connectivity index (χ2v) is 5.28. The Morgan fingerprint density at radius 2 is 1.80 bits per heavy atom. The lowest BCUT2D eigenvalue weighted by molar-refractivity contribution is -0.145. The number of ether oxygens (including phenoxy) is 1. The molecule has 1 N–H and O–H groups in total. The van der Waals surface area contributed by atoms with Gasteiger partial charge in [0.25, 0.3) is 0 Å². The van der Waals surface area contributed by atoms with E-state index in [1.807, 2.05) is 12.1 Å². The summed E-state index contributed by atoms with van der Waals surface area (Å²) in [6, 6.07) is 5.07. The van der Waals surface area contributed by atoms with E-state index >= 15 is 0 Å². The van der Waals surface area contributed by atoms with Crippen LogP contribution in [0.2, 0.25) is 0 Å². The van der Waals surface area contributed by atoms with Crippen LogP contribution < -0.4 is 10.1 Å². The van der Waals surface area contributed by atoms with Gasteiger partial charge < -0.3 is 10.1 Å². The van der Waals surface area contributed by atoms with Crippen LogP contribution in [0.25, 0.3) is 10.9 Å². The maximum Gasteiger partial charge on any atom is 0.451 e. The topological polar surface area (TPSA) is 72.8 Å². The number of fused-ring (bicyclic) bond motifs is 1. The molecular formula is C16H14F3N5O. The van der Waals surface area contributed by atoms with E-state index < -0.39 is 12.0 Å². The molecule has 1 atom stereocenters. The van der Waals surface area contributed by atoms with Crippen molar-refractivity contribution in [2.75, 3.05) is 12.4 Å². The van der Waals surface area contributed by atoms with Crippen molar-refractivity contribution in [3.05, 3.63) is 48.3 Å². The average molecular weight is 349 g/mol. The number of benzene rings is 1. The molecule has 0 aliphatic rings. The molecule has 1 aromatic carbocycles. The molecule has 0 aliphatic carbocycles. The molecule has 0 saturated heterocycles. The van der Waals surface area contributed by atoms with Crippen molar-refractivity contribution in [1.29, 1.82) is 0 Å². The zero-order valence-corrected chi connectivity index (χ0v) is 13.4. The second kappa shape index (κ2) is 6.50. The monoisotopic (exact) mass is 349 g/mol. The molecule has 2 aromatic heterocycles. The van der Waals surface area contributed by atoms with Crippen LogP contribution in [-0.2, 0) is 6.18 Å². The number of aromatic nitrogens is 4. The lowest BCUT2D eigenvalue weighted by atomic mass is 10.1. The first-order valence-electron chi connectivity index (χ1n) is 7.33. The van der Waals surface area contributed by atoms with E-state index in [0.717, 1.165) is 17.8 Å². The van der Waals surface area contributed by atoms with Crippen LogP contribution in [0.1, 0.15) is 24.4 Å². The third-order valence-corrected chi connectivity index (χ3v) is 3.63.